The minimum Gasteiger partial charge on any atom is -0.370 e. The molecule has 19 heavy (non-hydrogen) atoms. The Hall–Kier alpha value is -1.58. The molecule has 0 saturated carbocycles. The molecule has 1 fully saturated rings. The number of piperidine rings is 1. The maximum atomic E-state index is 12.4. The van der Waals surface area contributed by atoms with E-state index in [4.69, 9.17) is 0 Å². The number of carbonyl (C=O) groups is 1. The molecule has 1 saturated heterocycles. The van der Waals surface area contributed by atoms with Crippen LogP contribution in [0.5, 0.6) is 0 Å². The third-order valence-electron chi connectivity index (χ3n) is 3.63. The Morgan fingerprint density at radius 3 is 2.95 bits per heavy atom. The number of hydrogen-bond donors (Lipinski definition) is 1. The average Bonchev–Trinajstić information content (AvgIpc) is 2.45. The molecule has 1 N–H and O–H groups in total. The second-order valence-electron chi connectivity index (χ2n) is 5.20. The first-order valence-electron chi connectivity index (χ1n) is 7.23. The molecule has 1 atom stereocenters. The summed E-state index contributed by atoms with van der Waals surface area (Å²) in [5.41, 5.74) is 0.691. The van der Waals surface area contributed by atoms with Gasteiger partial charge in [-0.3, -0.25) is 4.79 Å². The van der Waals surface area contributed by atoms with Crippen LogP contribution in [-0.4, -0.2) is 34.9 Å². The number of aromatic nitrogens is 1. The number of nitrogens with zero attached hydrogens (tertiary/aromatic N) is 2. The van der Waals surface area contributed by atoms with Crippen LogP contribution in [0.15, 0.2) is 18.3 Å². The third-order valence-corrected chi connectivity index (χ3v) is 3.63. The molecule has 4 heteroatoms. The molecule has 2 rings (SSSR count). The predicted octanol–water partition coefficient (Wildman–Crippen LogP) is 2.92. The summed E-state index contributed by atoms with van der Waals surface area (Å²) in [6, 6.07) is 4.10. The Morgan fingerprint density at radius 2 is 2.32 bits per heavy atom. The van der Waals surface area contributed by atoms with Crippen molar-refractivity contribution in [3.05, 3.63) is 23.9 Å². The van der Waals surface area contributed by atoms with Crippen molar-refractivity contribution < 1.29 is 4.79 Å². The molecule has 0 aliphatic carbocycles. The van der Waals surface area contributed by atoms with Crippen LogP contribution in [-0.2, 0) is 0 Å². The molecular formula is C15H23N3O. The van der Waals surface area contributed by atoms with Gasteiger partial charge in [0.05, 0.1) is 5.56 Å². The zero-order chi connectivity index (χ0) is 13.7. The van der Waals surface area contributed by atoms with E-state index in [1.165, 1.54) is 6.42 Å². The fourth-order valence-corrected chi connectivity index (χ4v) is 2.44. The van der Waals surface area contributed by atoms with E-state index in [1.807, 2.05) is 17.0 Å². The van der Waals surface area contributed by atoms with Gasteiger partial charge < -0.3 is 10.2 Å². The fraction of sp³-hybridized carbons (Fsp3) is 0.600. The lowest BCUT2D eigenvalue weighted by atomic mass is 10.0. The van der Waals surface area contributed by atoms with Crippen molar-refractivity contribution in [2.45, 2.75) is 45.6 Å². The normalized spacial score (nSPS) is 19.3. The van der Waals surface area contributed by atoms with E-state index in [0.717, 1.165) is 38.2 Å². The Balaban J connectivity index is 2.02. The van der Waals surface area contributed by atoms with Gasteiger partial charge in [0.25, 0.3) is 5.91 Å². The summed E-state index contributed by atoms with van der Waals surface area (Å²) in [6.07, 6.45) is 6.19. The summed E-state index contributed by atoms with van der Waals surface area (Å²) in [4.78, 5) is 18.7. The topological polar surface area (TPSA) is 45.2 Å². The largest absolute Gasteiger partial charge is 0.370 e. The number of carbonyl (C=O) groups excluding carboxylic acids is 1. The van der Waals surface area contributed by atoms with Gasteiger partial charge in [0.1, 0.15) is 5.82 Å². The van der Waals surface area contributed by atoms with E-state index in [0.29, 0.717) is 11.6 Å². The van der Waals surface area contributed by atoms with E-state index in [-0.39, 0.29) is 5.91 Å². The molecule has 104 valence electrons. The minimum absolute atomic E-state index is 0.113. The maximum absolute atomic E-state index is 12.4. The zero-order valence-corrected chi connectivity index (χ0v) is 11.9. The summed E-state index contributed by atoms with van der Waals surface area (Å²) in [6.45, 7) is 6.02. The van der Waals surface area contributed by atoms with Crippen molar-refractivity contribution in [3.8, 4) is 0 Å². The molecular weight excluding hydrogens is 238 g/mol. The highest BCUT2D eigenvalue weighted by atomic mass is 16.2. The van der Waals surface area contributed by atoms with Crippen molar-refractivity contribution in [2.24, 2.45) is 0 Å². The molecule has 0 aromatic carbocycles. The lowest BCUT2D eigenvalue weighted by Crippen LogP contribution is -2.42. The van der Waals surface area contributed by atoms with Gasteiger partial charge in [-0.1, -0.05) is 6.92 Å². The molecule has 1 aromatic rings. The monoisotopic (exact) mass is 261 g/mol. The van der Waals surface area contributed by atoms with E-state index in [9.17, 15) is 4.79 Å². The molecule has 0 spiro atoms. The number of amides is 1. The smallest absolute Gasteiger partial charge is 0.255 e. The Labute approximate surface area is 115 Å². The highest BCUT2D eigenvalue weighted by molar-refractivity contribution is 5.94. The summed E-state index contributed by atoms with van der Waals surface area (Å²) < 4.78 is 0. The quantitative estimate of drug-likeness (QED) is 0.906. The summed E-state index contributed by atoms with van der Waals surface area (Å²) >= 11 is 0. The standard InChI is InChI=1S/C15H23N3O/c1-3-9-16-14-8-7-13(11-17-14)15(19)18-10-5-4-6-12(18)2/h7-8,11-12H,3-6,9-10H2,1-2H3,(H,16,17). The van der Waals surface area contributed by atoms with Crippen LogP contribution >= 0.6 is 0 Å². The van der Waals surface area contributed by atoms with Crippen LogP contribution in [0.25, 0.3) is 0 Å². The summed E-state index contributed by atoms with van der Waals surface area (Å²) in [5.74, 6) is 0.951. The molecule has 1 unspecified atom stereocenters. The average molecular weight is 261 g/mol. The van der Waals surface area contributed by atoms with Crippen LogP contribution < -0.4 is 5.32 Å². The highest BCUT2D eigenvalue weighted by Crippen LogP contribution is 2.19. The van der Waals surface area contributed by atoms with Gasteiger partial charge in [-0.05, 0) is 44.7 Å². The van der Waals surface area contributed by atoms with Crippen LogP contribution in [0.1, 0.15) is 49.9 Å². The lowest BCUT2D eigenvalue weighted by molar-refractivity contribution is 0.0635. The fourth-order valence-electron chi connectivity index (χ4n) is 2.44. The molecule has 1 aliphatic heterocycles. The van der Waals surface area contributed by atoms with Gasteiger partial charge >= 0.3 is 0 Å². The Morgan fingerprint density at radius 1 is 1.47 bits per heavy atom. The predicted molar refractivity (Wildman–Crippen MR) is 77.4 cm³/mol. The molecule has 1 aromatic heterocycles. The second kappa shape index (κ2) is 6.55. The van der Waals surface area contributed by atoms with Gasteiger partial charge in [-0.2, -0.15) is 0 Å². The number of rotatable bonds is 4. The van der Waals surface area contributed by atoms with Gasteiger partial charge in [-0.25, -0.2) is 4.98 Å². The van der Waals surface area contributed by atoms with Gasteiger partial charge in [0, 0.05) is 25.3 Å². The molecule has 1 amide bonds. The van der Waals surface area contributed by atoms with Gasteiger partial charge in [0.2, 0.25) is 0 Å². The van der Waals surface area contributed by atoms with Crippen molar-refractivity contribution >= 4 is 11.7 Å². The van der Waals surface area contributed by atoms with Crippen LogP contribution in [0, 0.1) is 0 Å². The summed E-state index contributed by atoms with van der Waals surface area (Å²) in [7, 11) is 0. The molecule has 1 aliphatic rings. The van der Waals surface area contributed by atoms with E-state index < -0.39 is 0 Å². The zero-order valence-electron chi connectivity index (χ0n) is 11.9. The second-order valence-corrected chi connectivity index (χ2v) is 5.20. The van der Waals surface area contributed by atoms with Gasteiger partial charge in [-0.15, -0.1) is 0 Å². The molecule has 4 nitrogen and oxygen atoms in total. The molecule has 0 radical (unpaired) electrons. The van der Waals surface area contributed by atoms with Crippen molar-refractivity contribution in [1.29, 1.82) is 0 Å². The first-order chi connectivity index (χ1) is 9.22. The Bertz CT molecular complexity index is 416. The van der Waals surface area contributed by atoms with Crippen molar-refractivity contribution in [1.82, 2.24) is 9.88 Å². The number of pyridine rings is 1. The van der Waals surface area contributed by atoms with Crippen LogP contribution in [0.3, 0.4) is 0 Å². The highest BCUT2D eigenvalue weighted by Gasteiger charge is 2.24. The lowest BCUT2D eigenvalue weighted by Gasteiger charge is -2.33. The van der Waals surface area contributed by atoms with E-state index >= 15 is 0 Å². The van der Waals surface area contributed by atoms with E-state index in [1.54, 1.807) is 6.20 Å². The minimum atomic E-state index is 0.113. The van der Waals surface area contributed by atoms with Crippen LogP contribution in [0.2, 0.25) is 0 Å². The number of likely N-dealkylation sites (tertiary alicyclic amines) is 1. The van der Waals surface area contributed by atoms with Crippen molar-refractivity contribution in [3.63, 3.8) is 0 Å². The number of hydrogen-bond acceptors (Lipinski definition) is 3. The molecule has 2 heterocycles. The van der Waals surface area contributed by atoms with Gasteiger partial charge in [0.15, 0.2) is 0 Å². The first-order valence-corrected chi connectivity index (χ1v) is 7.23. The molecule has 0 bridgehead atoms. The maximum Gasteiger partial charge on any atom is 0.255 e. The SMILES string of the molecule is CCCNc1ccc(C(=O)N2CCCCC2C)cn1. The number of anilines is 1. The first kappa shape index (κ1) is 13.8. The van der Waals surface area contributed by atoms with E-state index in [2.05, 4.69) is 24.1 Å². The Kier molecular flexibility index (Phi) is 4.77. The van der Waals surface area contributed by atoms with Crippen molar-refractivity contribution in [2.75, 3.05) is 18.4 Å². The number of nitrogens with one attached hydrogen (secondary N) is 1. The third kappa shape index (κ3) is 3.46. The van der Waals surface area contributed by atoms with Crippen LogP contribution in [0.4, 0.5) is 5.82 Å². The summed E-state index contributed by atoms with van der Waals surface area (Å²) in [5, 5.41) is 3.21.